The van der Waals surface area contributed by atoms with Gasteiger partial charge in [0.25, 0.3) is 11.8 Å². The molecule has 0 aromatic heterocycles. The largest absolute Gasteiger partial charge is 0.497 e. The third kappa shape index (κ3) is 6.38. The first-order valence-electron chi connectivity index (χ1n) is 11.4. The molecule has 0 saturated carbocycles. The zero-order chi connectivity index (χ0) is 24.7. The number of carbonyl (C=O) groups excluding carboxylic acids is 2. The Labute approximate surface area is 201 Å². The Hall–Kier alpha value is -3.80. The highest BCUT2D eigenvalue weighted by Gasteiger charge is 2.16. The number of amides is 2. The molecule has 0 spiro atoms. The van der Waals surface area contributed by atoms with Gasteiger partial charge in [0, 0.05) is 16.9 Å². The van der Waals surface area contributed by atoms with Crippen molar-refractivity contribution < 1.29 is 19.1 Å². The highest BCUT2D eigenvalue weighted by Crippen LogP contribution is 2.32. The van der Waals surface area contributed by atoms with Crippen LogP contribution in [0.15, 0.2) is 66.7 Å². The maximum atomic E-state index is 12.7. The van der Waals surface area contributed by atoms with Crippen LogP contribution in [0.3, 0.4) is 0 Å². The topological polar surface area (TPSA) is 76.7 Å². The van der Waals surface area contributed by atoms with Crippen molar-refractivity contribution in [3.8, 4) is 11.5 Å². The van der Waals surface area contributed by atoms with Crippen molar-refractivity contribution in [3.05, 3.63) is 83.4 Å². The molecule has 3 rings (SSSR count). The van der Waals surface area contributed by atoms with Crippen LogP contribution in [0, 0.1) is 0 Å². The van der Waals surface area contributed by atoms with Crippen LogP contribution in [0.5, 0.6) is 11.5 Å². The fourth-order valence-electron chi connectivity index (χ4n) is 3.60. The molecule has 0 unspecified atom stereocenters. The fourth-order valence-corrected chi connectivity index (χ4v) is 3.60. The van der Waals surface area contributed by atoms with Gasteiger partial charge in [-0.2, -0.15) is 0 Å². The molecule has 0 atom stereocenters. The third-order valence-electron chi connectivity index (χ3n) is 5.47. The Morgan fingerprint density at radius 3 is 1.85 bits per heavy atom. The summed E-state index contributed by atoms with van der Waals surface area (Å²) < 4.78 is 10.8. The van der Waals surface area contributed by atoms with Crippen LogP contribution in [-0.4, -0.2) is 25.5 Å². The number of anilines is 2. The summed E-state index contributed by atoms with van der Waals surface area (Å²) in [5.41, 5.74) is 4.23. The van der Waals surface area contributed by atoms with E-state index >= 15 is 0 Å². The minimum atomic E-state index is -0.235. The maximum absolute atomic E-state index is 12.7. The average Bonchev–Trinajstić information content (AvgIpc) is 2.83. The summed E-state index contributed by atoms with van der Waals surface area (Å²) in [6.45, 7) is 8.31. The predicted molar refractivity (Wildman–Crippen MR) is 136 cm³/mol. The summed E-state index contributed by atoms with van der Waals surface area (Å²) in [6, 6.07) is 19.9. The van der Waals surface area contributed by atoms with Crippen molar-refractivity contribution in [2.24, 2.45) is 0 Å². The molecular weight excluding hydrogens is 428 g/mol. The lowest BCUT2D eigenvalue weighted by Crippen LogP contribution is -2.22. The maximum Gasteiger partial charge on any atom is 0.262 e. The van der Waals surface area contributed by atoms with E-state index in [1.54, 1.807) is 55.6 Å². The first kappa shape index (κ1) is 24.8. The second kappa shape index (κ2) is 11.4. The van der Waals surface area contributed by atoms with E-state index in [1.165, 1.54) is 0 Å². The predicted octanol–water partition coefficient (Wildman–Crippen LogP) is 6.21. The standard InChI is InChI=1S/C28H32N2O4/c1-18(2)24-7-6-8-25(19(3)4)27(24)30-26(31)17-34-23-13-9-20(10-14-23)28(32)29-21-11-15-22(33-5)16-12-21/h6-16,18-19H,17H2,1-5H3,(H,29,32)(H,30,31). The summed E-state index contributed by atoms with van der Waals surface area (Å²) in [5.74, 6) is 1.34. The van der Waals surface area contributed by atoms with Crippen molar-refractivity contribution in [3.63, 3.8) is 0 Å². The van der Waals surface area contributed by atoms with Gasteiger partial charge in [-0.25, -0.2) is 0 Å². The van der Waals surface area contributed by atoms with E-state index in [4.69, 9.17) is 9.47 Å². The number of methoxy groups -OCH3 is 1. The molecule has 2 amide bonds. The van der Waals surface area contributed by atoms with Crippen LogP contribution < -0.4 is 20.1 Å². The summed E-state index contributed by atoms with van der Waals surface area (Å²) in [5, 5.41) is 5.88. The van der Waals surface area contributed by atoms with Crippen LogP contribution in [0.25, 0.3) is 0 Å². The van der Waals surface area contributed by atoms with Crippen molar-refractivity contribution >= 4 is 23.2 Å². The molecule has 0 bridgehead atoms. The second-order valence-electron chi connectivity index (χ2n) is 8.66. The zero-order valence-electron chi connectivity index (χ0n) is 20.3. The van der Waals surface area contributed by atoms with Gasteiger partial charge in [0.15, 0.2) is 6.61 Å². The fraction of sp³-hybridized carbons (Fsp3) is 0.286. The monoisotopic (exact) mass is 460 g/mol. The van der Waals surface area contributed by atoms with E-state index in [2.05, 4.69) is 38.3 Å². The normalized spacial score (nSPS) is 10.8. The van der Waals surface area contributed by atoms with Crippen LogP contribution >= 0.6 is 0 Å². The highest BCUT2D eigenvalue weighted by atomic mass is 16.5. The molecule has 3 aromatic rings. The van der Waals surface area contributed by atoms with E-state index in [1.807, 2.05) is 18.2 Å². The quantitative estimate of drug-likeness (QED) is 0.398. The van der Waals surface area contributed by atoms with Gasteiger partial charge in [0.1, 0.15) is 11.5 Å². The minimum Gasteiger partial charge on any atom is -0.497 e. The molecule has 6 heteroatoms. The molecular formula is C28H32N2O4. The molecule has 34 heavy (non-hydrogen) atoms. The zero-order valence-corrected chi connectivity index (χ0v) is 20.3. The lowest BCUT2D eigenvalue weighted by atomic mass is 9.92. The Morgan fingerprint density at radius 1 is 0.765 bits per heavy atom. The Balaban J connectivity index is 1.59. The van der Waals surface area contributed by atoms with Gasteiger partial charge in [-0.15, -0.1) is 0 Å². The van der Waals surface area contributed by atoms with Gasteiger partial charge in [-0.1, -0.05) is 45.9 Å². The van der Waals surface area contributed by atoms with Gasteiger partial charge in [0.2, 0.25) is 0 Å². The molecule has 0 radical (unpaired) electrons. The van der Waals surface area contributed by atoms with Crippen molar-refractivity contribution in [2.45, 2.75) is 39.5 Å². The van der Waals surface area contributed by atoms with Crippen LogP contribution in [0.2, 0.25) is 0 Å². The SMILES string of the molecule is COc1ccc(NC(=O)c2ccc(OCC(=O)Nc3c(C(C)C)cccc3C(C)C)cc2)cc1. The van der Waals surface area contributed by atoms with E-state index < -0.39 is 0 Å². The number of nitrogens with one attached hydrogen (secondary N) is 2. The number of para-hydroxylation sites is 1. The molecule has 178 valence electrons. The lowest BCUT2D eigenvalue weighted by Gasteiger charge is -2.20. The summed E-state index contributed by atoms with van der Waals surface area (Å²) in [7, 11) is 1.59. The van der Waals surface area contributed by atoms with Crippen molar-refractivity contribution in [2.75, 3.05) is 24.4 Å². The molecule has 0 saturated heterocycles. The van der Waals surface area contributed by atoms with E-state index in [0.29, 0.717) is 17.0 Å². The first-order chi connectivity index (χ1) is 16.3. The Kier molecular flexibility index (Phi) is 8.30. The molecule has 0 aliphatic heterocycles. The number of ether oxygens (including phenoxy) is 2. The summed E-state index contributed by atoms with van der Waals surface area (Å²) >= 11 is 0. The number of benzene rings is 3. The molecule has 0 aliphatic carbocycles. The first-order valence-corrected chi connectivity index (χ1v) is 11.4. The van der Waals surface area contributed by atoms with Crippen LogP contribution in [0.1, 0.15) is 61.0 Å². The second-order valence-corrected chi connectivity index (χ2v) is 8.66. The minimum absolute atomic E-state index is 0.124. The van der Waals surface area contributed by atoms with Crippen LogP contribution in [-0.2, 0) is 4.79 Å². The van der Waals surface area contributed by atoms with Gasteiger partial charge in [-0.3, -0.25) is 9.59 Å². The van der Waals surface area contributed by atoms with Gasteiger partial charge in [-0.05, 0) is 71.5 Å². The molecule has 0 fully saturated rings. The Bertz CT molecular complexity index is 1090. The molecule has 0 heterocycles. The van der Waals surface area contributed by atoms with E-state index in [9.17, 15) is 9.59 Å². The van der Waals surface area contributed by atoms with E-state index in [-0.39, 0.29) is 30.3 Å². The van der Waals surface area contributed by atoms with Gasteiger partial charge >= 0.3 is 0 Å². The molecule has 0 aliphatic rings. The summed E-state index contributed by atoms with van der Waals surface area (Å²) in [4.78, 5) is 25.1. The highest BCUT2D eigenvalue weighted by molar-refractivity contribution is 6.04. The lowest BCUT2D eigenvalue weighted by molar-refractivity contribution is -0.118. The number of hydrogen-bond acceptors (Lipinski definition) is 4. The number of rotatable bonds is 9. The average molecular weight is 461 g/mol. The number of hydrogen-bond donors (Lipinski definition) is 2. The summed E-state index contributed by atoms with van der Waals surface area (Å²) in [6.07, 6.45) is 0. The van der Waals surface area contributed by atoms with Crippen LogP contribution in [0.4, 0.5) is 11.4 Å². The van der Waals surface area contributed by atoms with Gasteiger partial charge in [0.05, 0.1) is 7.11 Å². The molecule has 3 aromatic carbocycles. The smallest absolute Gasteiger partial charge is 0.262 e. The number of carbonyl (C=O) groups is 2. The van der Waals surface area contributed by atoms with Gasteiger partial charge < -0.3 is 20.1 Å². The van der Waals surface area contributed by atoms with Crippen molar-refractivity contribution in [1.29, 1.82) is 0 Å². The molecule has 6 nitrogen and oxygen atoms in total. The molecule has 2 N–H and O–H groups in total. The third-order valence-corrected chi connectivity index (χ3v) is 5.47. The van der Waals surface area contributed by atoms with Crippen molar-refractivity contribution in [1.82, 2.24) is 0 Å². The Morgan fingerprint density at radius 2 is 1.32 bits per heavy atom. The van der Waals surface area contributed by atoms with E-state index in [0.717, 1.165) is 22.6 Å².